The fourth-order valence-electron chi connectivity index (χ4n) is 2.78. The molecule has 1 heterocycles. The number of benzene rings is 1. The summed E-state index contributed by atoms with van der Waals surface area (Å²) in [6.45, 7) is 10.4. The second kappa shape index (κ2) is 8.48. The highest BCUT2D eigenvalue weighted by atomic mass is 79.9. The molecule has 0 bridgehead atoms. The lowest BCUT2D eigenvalue weighted by Crippen LogP contribution is -2.18. The standard InChI is InChI=1S/C20H25BrN2O2/c1-6-11-25-19-16(13(4)22-14(5)17(19)21)20(24)23-18-12(3)9-8-10-15(18)7-2/h8-10H,6-7,11H2,1-5H3,(H,23,24). The van der Waals surface area contributed by atoms with Crippen LogP contribution in [0.3, 0.4) is 0 Å². The van der Waals surface area contributed by atoms with Gasteiger partial charge in [0, 0.05) is 5.69 Å². The Bertz CT molecular complexity index is 788. The molecule has 0 spiro atoms. The first-order valence-corrected chi connectivity index (χ1v) is 9.39. The lowest BCUT2D eigenvalue weighted by molar-refractivity contribution is 0.102. The van der Waals surface area contributed by atoms with Crippen molar-refractivity contribution in [2.45, 2.75) is 47.5 Å². The zero-order valence-corrected chi connectivity index (χ0v) is 17.1. The minimum Gasteiger partial charge on any atom is -0.491 e. The summed E-state index contributed by atoms with van der Waals surface area (Å²) < 4.78 is 6.61. The van der Waals surface area contributed by atoms with E-state index in [2.05, 4.69) is 33.2 Å². The van der Waals surface area contributed by atoms with Crippen molar-refractivity contribution in [2.75, 3.05) is 11.9 Å². The maximum atomic E-state index is 13.1. The van der Waals surface area contributed by atoms with Crippen molar-refractivity contribution < 1.29 is 9.53 Å². The molecule has 0 atom stereocenters. The number of hydrogen-bond donors (Lipinski definition) is 1. The highest BCUT2D eigenvalue weighted by Gasteiger charge is 2.22. The number of nitrogens with zero attached hydrogens (tertiary/aromatic N) is 1. The molecular formula is C20H25BrN2O2. The number of amides is 1. The largest absolute Gasteiger partial charge is 0.491 e. The van der Waals surface area contributed by atoms with Crippen LogP contribution in [0.2, 0.25) is 0 Å². The molecule has 1 amide bonds. The maximum absolute atomic E-state index is 13.1. The summed E-state index contributed by atoms with van der Waals surface area (Å²) in [5.74, 6) is 0.372. The number of carbonyl (C=O) groups is 1. The summed E-state index contributed by atoms with van der Waals surface area (Å²) in [6, 6.07) is 6.04. The van der Waals surface area contributed by atoms with Gasteiger partial charge in [-0.05, 0) is 60.7 Å². The summed E-state index contributed by atoms with van der Waals surface area (Å²) in [4.78, 5) is 17.5. The van der Waals surface area contributed by atoms with E-state index in [4.69, 9.17) is 4.74 Å². The third kappa shape index (κ3) is 4.21. The van der Waals surface area contributed by atoms with Gasteiger partial charge in [0.1, 0.15) is 11.3 Å². The number of hydrogen-bond acceptors (Lipinski definition) is 3. The Labute approximate surface area is 158 Å². The molecule has 0 aliphatic rings. The highest BCUT2D eigenvalue weighted by molar-refractivity contribution is 9.10. The first-order chi connectivity index (χ1) is 11.9. The molecule has 0 aliphatic heterocycles. The number of nitrogens with one attached hydrogen (secondary N) is 1. The van der Waals surface area contributed by atoms with Gasteiger partial charge in [-0.25, -0.2) is 0 Å². The second-order valence-electron chi connectivity index (χ2n) is 6.07. The van der Waals surface area contributed by atoms with Gasteiger partial charge < -0.3 is 10.1 Å². The van der Waals surface area contributed by atoms with Gasteiger partial charge in [-0.1, -0.05) is 32.0 Å². The molecule has 4 nitrogen and oxygen atoms in total. The average molecular weight is 405 g/mol. The number of pyridine rings is 1. The van der Waals surface area contributed by atoms with Crippen LogP contribution >= 0.6 is 15.9 Å². The minimum absolute atomic E-state index is 0.194. The van der Waals surface area contributed by atoms with Crippen LogP contribution in [-0.2, 0) is 6.42 Å². The lowest BCUT2D eigenvalue weighted by Gasteiger charge is -2.18. The molecule has 0 fully saturated rings. The van der Waals surface area contributed by atoms with E-state index in [1.54, 1.807) is 0 Å². The predicted octanol–water partition coefficient (Wildman–Crippen LogP) is 5.37. The first kappa shape index (κ1) is 19.4. The maximum Gasteiger partial charge on any atom is 0.261 e. The lowest BCUT2D eigenvalue weighted by atomic mass is 10.0. The smallest absolute Gasteiger partial charge is 0.261 e. The average Bonchev–Trinajstić information content (AvgIpc) is 2.58. The van der Waals surface area contributed by atoms with Crippen molar-refractivity contribution >= 4 is 27.5 Å². The molecule has 1 aromatic carbocycles. The number of ether oxygens (including phenoxy) is 1. The summed E-state index contributed by atoms with van der Waals surface area (Å²) >= 11 is 3.52. The van der Waals surface area contributed by atoms with E-state index >= 15 is 0 Å². The van der Waals surface area contributed by atoms with Crippen LogP contribution in [-0.4, -0.2) is 17.5 Å². The zero-order chi connectivity index (χ0) is 18.6. The van der Waals surface area contributed by atoms with Crippen LogP contribution in [0.25, 0.3) is 0 Å². The molecule has 25 heavy (non-hydrogen) atoms. The van der Waals surface area contributed by atoms with Gasteiger partial charge in [0.2, 0.25) is 0 Å². The highest BCUT2D eigenvalue weighted by Crippen LogP contribution is 2.34. The van der Waals surface area contributed by atoms with Crippen molar-refractivity contribution in [1.82, 2.24) is 4.98 Å². The molecule has 2 rings (SSSR count). The molecule has 0 unspecified atom stereocenters. The topological polar surface area (TPSA) is 51.2 Å². The number of aryl methyl sites for hydroxylation is 4. The summed E-state index contributed by atoms with van der Waals surface area (Å²) in [7, 11) is 0. The fourth-order valence-corrected chi connectivity index (χ4v) is 3.18. The summed E-state index contributed by atoms with van der Waals surface area (Å²) in [6.07, 6.45) is 1.72. The number of rotatable bonds is 6. The van der Waals surface area contributed by atoms with Crippen LogP contribution in [0.15, 0.2) is 22.7 Å². The molecule has 134 valence electrons. The van der Waals surface area contributed by atoms with Crippen molar-refractivity contribution in [3.8, 4) is 5.75 Å². The van der Waals surface area contributed by atoms with Crippen molar-refractivity contribution in [1.29, 1.82) is 0 Å². The van der Waals surface area contributed by atoms with Crippen LogP contribution in [0, 0.1) is 20.8 Å². The Morgan fingerprint density at radius 2 is 1.92 bits per heavy atom. The monoisotopic (exact) mass is 404 g/mol. The Morgan fingerprint density at radius 1 is 1.20 bits per heavy atom. The van der Waals surface area contributed by atoms with Crippen LogP contribution in [0.5, 0.6) is 5.75 Å². The SMILES string of the molecule is CCCOc1c(Br)c(C)nc(C)c1C(=O)Nc1c(C)cccc1CC. The third-order valence-electron chi connectivity index (χ3n) is 4.10. The number of halogens is 1. The zero-order valence-electron chi connectivity index (χ0n) is 15.5. The third-order valence-corrected chi connectivity index (χ3v) is 5.03. The van der Waals surface area contributed by atoms with Crippen molar-refractivity contribution in [2.24, 2.45) is 0 Å². The Balaban J connectivity index is 2.48. The van der Waals surface area contributed by atoms with E-state index in [1.165, 1.54) is 0 Å². The molecule has 0 saturated heterocycles. The Kier molecular flexibility index (Phi) is 6.59. The first-order valence-electron chi connectivity index (χ1n) is 8.59. The van der Waals surface area contributed by atoms with Gasteiger partial charge in [0.15, 0.2) is 0 Å². The second-order valence-corrected chi connectivity index (χ2v) is 6.86. The van der Waals surface area contributed by atoms with E-state index < -0.39 is 0 Å². The number of carbonyl (C=O) groups excluding carboxylic acids is 1. The van der Waals surface area contributed by atoms with E-state index in [-0.39, 0.29) is 5.91 Å². The number of anilines is 1. The van der Waals surface area contributed by atoms with Gasteiger partial charge in [-0.3, -0.25) is 9.78 Å². The normalized spacial score (nSPS) is 10.6. The summed E-state index contributed by atoms with van der Waals surface area (Å²) in [5, 5.41) is 3.07. The number of aromatic nitrogens is 1. The molecule has 2 aromatic rings. The molecule has 5 heteroatoms. The van der Waals surface area contributed by atoms with E-state index in [9.17, 15) is 4.79 Å². The molecule has 0 aliphatic carbocycles. The predicted molar refractivity (Wildman–Crippen MR) is 106 cm³/mol. The summed E-state index contributed by atoms with van der Waals surface area (Å²) in [5.41, 5.74) is 4.98. The van der Waals surface area contributed by atoms with Crippen molar-refractivity contribution in [3.63, 3.8) is 0 Å². The fraction of sp³-hybridized carbons (Fsp3) is 0.400. The van der Waals surface area contributed by atoms with Crippen LogP contribution in [0.1, 0.15) is 53.1 Å². The molecule has 0 saturated carbocycles. The molecular weight excluding hydrogens is 380 g/mol. The Morgan fingerprint density at radius 3 is 2.56 bits per heavy atom. The molecule has 1 N–H and O–H groups in total. The quantitative estimate of drug-likeness (QED) is 0.703. The van der Waals surface area contributed by atoms with Gasteiger partial charge in [0.25, 0.3) is 5.91 Å². The molecule has 1 aromatic heterocycles. The van der Waals surface area contributed by atoms with E-state index in [0.29, 0.717) is 23.6 Å². The Hall–Kier alpha value is -1.88. The van der Waals surface area contributed by atoms with Crippen LogP contribution < -0.4 is 10.1 Å². The number of para-hydroxylation sites is 1. The van der Waals surface area contributed by atoms with Crippen molar-refractivity contribution in [3.05, 3.63) is 50.8 Å². The van der Waals surface area contributed by atoms with E-state index in [0.717, 1.165) is 39.8 Å². The van der Waals surface area contributed by atoms with Gasteiger partial charge in [-0.2, -0.15) is 0 Å². The van der Waals surface area contributed by atoms with Gasteiger partial charge in [-0.15, -0.1) is 0 Å². The van der Waals surface area contributed by atoms with Crippen LogP contribution in [0.4, 0.5) is 5.69 Å². The molecule has 0 radical (unpaired) electrons. The van der Waals surface area contributed by atoms with E-state index in [1.807, 2.05) is 45.9 Å². The minimum atomic E-state index is -0.194. The van der Waals surface area contributed by atoms with Gasteiger partial charge >= 0.3 is 0 Å². The van der Waals surface area contributed by atoms with Gasteiger partial charge in [0.05, 0.1) is 22.5 Å².